The monoisotopic (exact) mass is 574 g/mol. The lowest BCUT2D eigenvalue weighted by molar-refractivity contribution is -0.130. The Balaban J connectivity index is 0.00000387. The Hall–Kier alpha value is -4.28. The maximum Gasteiger partial charge on any atom is 0.247 e. The van der Waals surface area contributed by atoms with E-state index in [1.807, 2.05) is 48.5 Å². The van der Waals surface area contributed by atoms with Crippen LogP contribution in [0.15, 0.2) is 72.8 Å². The van der Waals surface area contributed by atoms with E-state index in [1.165, 1.54) is 0 Å². The van der Waals surface area contributed by atoms with Gasteiger partial charge < -0.3 is 22.1 Å². The number of nitrogen functional groups attached to an aromatic ring is 1. The fourth-order valence-corrected chi connectivity index (χ4v) is 5.19. The van der Waals surface area contributed by atoms with Gasteiger partial charge in [-0.3, -0.25) is 9.59 Å². The highest BCUT2D eigenvalue weighted by Crippen LogP contribution is 2.29. The fourth-order valence-electron chi connectivity index (χ4n) is 5.19. The lowest BCUT2D eigenvalue weighted by Crippen LogP contribution is -2.48. The number of hydrogen-bond acceptors (Lipinski definition) is 7. The summed E-state index contributed by atoms with van der Waals surface area (Å²) >= 11 is 0. The number of carbonyl (C=O) groups excluding carboxylic acids is 2. The van der Waals surface area contributed by atoms with Gasteiger partial charge in [-0.05, 0) is 84.8 Å². The van der Waals surface area contributed by atoms with Crippen LogP contribution < -0.4 is 22.1 Å². The largest absolute Gasteiger partial charge is 0.398 e. The van der Waals surface area contributed by atoms with Gasteiger partial charge in [-0.25, -0.2) is 0 Å². The number of benzene rings is 3. The Morgan fingerprint density at radius 3 is 2.24 bits per heavy atom. The molecular formula is C30H35ClN8O2. The van der Waals surface area contributed by atoms with Crippen molar-refractivity contribution in [3.8, 4) is 22.5 Å². The zero-order chi connectivity index (χ0) is 27.9. The lowest BCUT2D eigenvalue weighted by atomic mass is 9.81. The molecule has 0 saturated heterocycles. The molecule has 10 nitrogen and oxygen atoms in total. The molecule has 4 aromatic rings. The van der Waals surface area contributed by atoms with E-state index in [0.29, 0.717) is 36.1 Å². The molecule has 0 unspecified atom stereocenters. The molecule has 1 fully saturated rings. The van der Waals surface area contributed by atoms with Crippen molar-refractivity contribution in [3.63, 3.8) is 0 Å². The highest BCUT2D eigenvalue weighted by molar-refractivity contribution is 5.97. The summed E-state index contributed by atoms with van der Waals surface area (Å²) in [5.74, 6) is 0.448. The average Bonchev–Trinajstić information content (AvgIpc) is 3.53. The number of nitrogens with one attached hydrogen (secondary N) is 3. The lowest BCUT2D eigenvalue weighted by Gasteiger charge is -2.28. The van der Waals surface area contributed by atoms with Crippen LogP contribution in [-0.2, 0) is 16.0 Å². The molecule has 0 bridgehead atoms. The highest BCUT2D eigenvalue weighted by atomic mass is 35.5. The van der Waals surface area contributed by atoms with Gasteiger partial charge in [-0.2, -0.15) is 5.21 Å². The molecule has 0 aliphatic heterocycles. The summed E-state index contributed by atoms with van der Waals surface area (Å²) in [6.45, 7) is 0.648. The van der Waals surface area contributed by atoms with Gasteiger partial charge in [0.25, 0.3) is 0 Å². The zero-order valence-electron chi connectivity index (χ0n) is 22.6. The number of nitrogens with two attached hydrogens (primary N) is 2. The maximum absolute atomic E-state index is 13.5. The number of halogens is 1. The number of nitrogens with zero attached hydrogens (tertiary/aromatic N) is 3. The second-order valence-electron chi connectivity index (χ2n) is 10.3. The van der Waals surface area contributed by atoms with E-state index < -0.39 is 6.04 Å². The van der Waals surface area contributed by atoms with Crippen molar-refractivity contribution < 1.29 is 9.59 Å². The number of aromatic nitrogens is 4. The van der Waals surface area contributed by atoms with Gasteiger partial charge in [0.1, 0.15) is 6.04 Å². The number of tetrazole rings is 1. The van der Waals surface area contributed by atoms with Crippen LogP contribution in [0, 0.1) is 11.8 Å². The van der Waals surface area contributed by atoms with Crippen molar-refractivity contribution in [1.29, 1.82) is 0 Å². The summed E-state index contributed by atoms with van der Waals surface area (Å²) in [7, 11) is 0. The molecule has 0 radical (unpaired) electrons. The second kappa shape index (κ2) is 13.9. The van der Waals surface area contributed by atoms with Gasteiger partial charge in [0, 0.05) is 34.8 Å². The molecule has 214 valence electrons. The first-order valence-electron chi connectivity index (χ1n) is 13.6. The maximum atomic E-state index is 13.5. The van der Waals surface area contributed by atoms with Crippen molar-refractivity contribution in [3.05, 3.63) is 78.4 Å². The van der Waals surface area contributed by atoms with Crippen LogP contribution in [0.25, 0.3) is 22.5 Å². The second-order valence-corrected chi connectivity index (χ2v) is 10.3. The van der Waals surface area contributed by atoms with Crippen LogP contribution in [-0.4, -0.2) is 45.0 Å². The number of hydrogen-bond donors (Lipinski definition) is 5. The van der Waals surface area contributed by atoms with E-state index in [4.69, 9.17) is 11.5 Å². The number of amides is 2. The number of aromatic amines is 1. The van der Waals surface area contributed by atoms with E-state index in [2.05, 4.69) is 31.3 Å². The third-order valence-electron chi connectivity index (χ3n) is 7.61. The Bertz CT molecular complexity index is 1420. The van der Waals surface area contributed by atoms with Gasteiger partial charge in [0.2, 0.25) is 17.6 Å². The van der Waals surface area contributed by atoms with Crippen molar-refractivity contribution in [2.75, 3.05) is 17.6 Å². The topological polar surface area (TPSA) is 165 Å². The molecule has 1 atom stereocenters. The number of H-pyrrole nitrogens is 1. The predicted octanol–water partition coefficient (Wildman–Crippen LogP) is 3.97. The molecular weight excluding hydrogens is 540 g/mol. The first-order valence-corrected chi connectivity index (χ1v) is 13.6. The van der Waals surface area contributed by atoms with E-state index in [0.717, 1.165) is 47.9 Å². The Morgan fingerprint density at radius 1 is 0.927 bits per heavy atom. The molecule has 2 amide bonds. The minimum atomic E-state index is -0.746. The summed E-state index contributed by atoms with van der Waals surface area (Å²) in [6.07, 6.45) is 3.78. The molecule has 11 heteroatoms. The van der Waals surface area contributed by atoms with E-state index in [-0.39, 0.29) is 30.1 Å². The summed E-state index contributed by atoms with van der Waals surface area (Å²) in [6, 6.07) is 22.0. The normalized spacial score (nSPS) is 17.2. The highest BCUT2D eigenvalue weighted by Gasteiger charge is 2.29. The number of carbonyl (C=O) groups is 2. The Labute approximate surface area is 245 Å². The summed E-state index contributed by atoms with van der Waals surface area (Å²) in [5, 5.41) is 19.9. The molecule has 1 heterocycles. The number of rotatable bonds is 9. The van der Waals surface area contributed by atoms with E-state index >= 15 is 0 Å². The first-order chi connectivity index (χ1) is 19.5. The van der Waals surface area contributed by atoms with Gasteiger partial charge in [0.05, 0.1) is 0 Å². The predicted molar refractivity (Wildman–Crippen MR) is 162 cm³/mol. The van der Waals surface area contributed by atoms with E-state index in [9.17, 15) is 9.59 Å². The molecule has 1 saturated carbocycles. The van der Waals surface area contributed by atoms with Crippen molar-refractivity contribution in [2.45, 2.75) is 38.1 Å². The number of para-hydroxylation sites is 1. The van der Waals surface area contributed by atoms with Gasteiger partial charge in [0.15, 0.2) is 0 Å². The van der Waals surface area contributed by atoms with Crippen LogP contribution in [0.4, 0.5) is 11.4 Å². The van der Waals surface area contributed by atoms with Crippen LogP contribution in [0.1, 0.15) is 31.2 Å². The molecule has 1 aliphatic rings. The van der Waals surface area contributed by atoms with Crippen molar-refractivity contribution in [2.24, 2.45) is 17.6 Å². The van der Waals surface area contributed by atoms with Crippen LogP contribution in [0.2, 0.25) is 0 Å². The first kappa shape index (κ1) is 29.7. The van der Waals surface area contributed by atoms with Crippen LogP contribution >= 0.6 is 12.4 Å². The smallest absolute Gasteiger partial charge is 0.247 e. The number of anilines is 2. The van der Waals surface area contributed by atoms with Crippen LogP contribution in [0.5, 0.6) is 0 Å². The van der Waals surface area contributed by atoms with E-state index in [1.54, 1.807) is 24.3 Å². The van der Waals surface area contributed by atoms with Crippen LogP contribution in [0.3, 0.4) is 0 Å². The third kappa shape index (κ3) is 7.47. The Morgan fingerprint density at radius 2 is 1.61 bits per heavy atom. The van der Waals surface area contributed by atoms with Gasteiger partial charge in [-0.15, -0.1) is 22.6 Å². The molecule has 5 rings (SSSR count). The van der Waals surface area contributed by atoms with Crippen molar-refractivity contribution in [1.82, 2.24) is 25.9 Å². The minimum Gasteiger partial charge on any atom is -0.398 e. The molecule has 0 spiro atoms. The van der Waals surface area contributed by atoms with Crippen molar-refractivity contribution >= 4 is 35.6 Å². The summed E-state index contributed by atoms with van der Waals surface area (Å²) in [4.78, 5) is 26.7. The minimum absolute atomic E-state index is 0. The standard InChI is InChI=1S/C30H34N8O2.ClH/c31-18-20-7-11-23(12-8-20)29(39)34-27(17-19-5-9-21(10-6-19)25-3-1-2-4-26(25)32)30(40)33-24-15-13-22(14-16-24)28-35-37-38-36-28;/h1-6,9-10,13-16,20,23,27H,7-8,11-12,17-18,31-32H2,(H,33,40)(H,34,39)(H,35,36,37,38);1H/t20-,23-,27-;/m0./s1. The Kier molecular flexibility index (Phi) is 10.0. The molecule has 3 aromatic carbocycles. The SMILES string of the molecule is Cl.NC[C@H]1CC[C@H](C(=O)N[C@@H](Cc2ccc(-c3ccccc3N)cc2)C(=O)Nc2ccc(-c3nn[nH]n3)cc2)CC1. The molecule has 41 heavy (non-hydrogen) atoms. The quantitative estimate of drug-likeness (QED) is 0.189. The third-order valence-corrected chi connectivity index (χ3v) is 7.61. The fraction of sp³-hybridized carbons (Fsp3) is 0.300. The molecule has 1 aliphatic carbocycles. The van der Waals surface area contributed by atoms with Gasteiger partial charge >= 0.3 is 0 Å². The van der Waals surface area contributed by atoms with Gasteiger partial charge in [-0.1, -0.05) is 42.5 Å². The molecule has 1 aromatic heterocycles. The summed E-state index contributed by atoms with van der Waals surface area (Å²) < 4.78 is 0. The molecule has 7 N–H and O–H groups in total. The average molecular weight is 575 g/mol. The zero-order valence-corrected chi connectivity index (χ0v) is 23.4. The summed E-state index contributed by atoms with van der Waals surface area (Å²) in [5.41, 5.74) is 16.9.